The minimum absolute atomic E-state index is 0.168. The van der Waals surface area contributed by atoms with Gasteiger partial charge in [0.05, 0.1) is 46.2 Å². The van der Waals surface area contributed by atoms with E-state index < -0.39 is 16.8 Å². The third-order valence-corrected chi connectivity index (χ3v) is 5.24. The molecule has 0 radical (unpaired) electrons. The lowest BCUT2D eigenvalue weighted by Gasteiger charge is -2.06. The van der Waals surface area contributed by atoms with Crippen LogP contribution in [0.15, 0.2) is 46.5 Å². The first kappa shape index (κ1) is 21.0. The minimum atomic E-state index is -1.60. The van der Waals surface area contributed by atoms with Crippen molar-refractivity contribution in [3.63, 3.8) is 0 Å². The normalized spacial score (nSPS) is 11.6. The lowest BCUT2D eigenvalue weighted by atomic mass is 10.2. The molecule has 2 heterocycles. The zero-order chi connectivity index (χ0) is 19.6. The third kappa shape index (κ3) is 6.76. The van der Waals surface area contributed by atoms with Crippen LogP contribution in [0.4, 0.5) is 0 Å². The highest BCUT2D eigenvalue weighted by atomic mass is 32.2. The molecule has 2 aromatic rings. The van der Waals surface area contributed by atoms with Crippen molar-refractivity contribution in [2.75, 3.05) is 24.7 Å². The molecule has 2 aromatic heterocycles. The number of hydrogen-bond acceptors (Lipinski definition) is 8. The van der Waals surface area contributed by atoms with Gasteiger partial charge in [-0.3, -0.25) is 13.8 Å². The molecule has 0 aliphatic heterocycles. The van der Waals surface area contributed by atoms with E-state index in [1.165, 1.54) is 11.8 Å². The number of nitrogens with zero attached hydrogens (tertiary/aromatic N) is 2. The average molecular weight is 409 g/mol. The summed E-state index contributed by atoms with van der Waals surface area (Å²) < 4.78 is 22.0. The van der Waals surface area contributed by atoms with Gasteiger partial charge >= 0.3 is 11.9 Å². The number of esters is 2. The van der Waals surface area contributed by atoms with E-state index in [1.54, 1.807) is 50.2 Å². The predicted octanol–water partition coefficient (Wildman–Crippen LogP) is 2.47. The van der Waals surface area contributed by atoms with Crippen molar-refractivity contribution in [3.8, 4) is 11.4 Å². The quantitative estimate of drug-likeness (QED) is 0.461. The van der Waals surface area contributed by atoms with E-state index in [9.17, 15) is 13.8 Å². The molecule has 0 bridgehead atoms. The van der Waals surface area contributed by atoms with Crippen LogP contribution in [0, 0.1) is 0 Å². The molecular weight excluding hydrogens is 388 g/mol. The summed E-state index contributed by atoms with van der Waals surface area (Å²) in [6.07, 6.45) is 0. The van der Waals surface area contributed by atoms with E-state index in [-0.39, 0.29) is 29.1 Å². The number of thioether (sulfide) groups is 1. The summed E-state index contributed by atoms with van der Waals surface area (Å²) in [5.74, 6) is -0.906. The van der Waals surface area contributed by atoms with Crippen LogP contribution in [0.25, 0.3) is 11.4 Å². The number of hydrogen-bond donors (Lipinski definition) is 0. The monoisotopic (exact) mass is 408 g/mol. The molecular formula is C18H20N2O5S2. The number of aromatic nitrogens is 2. The molecule has 27 heavy (non-hydrogen) atoms. The molecule has 0 N–H and O–H groups in total. The lowest BCUT2D eigenvalue weighted by molar-refractivity contribution is -0.140. The molecule has 0 amide bonds. The van der Waals surface area contributed by atoms with Gasteiger partial charge in [-0.05, 0) is 38.1 Å². The topological polar surface area (TPSA) is 95.5 Å². The Kier molecular flexibility index (Phi) is 8.41. The summed E-state index contributed by atoms with van der Waals surface area (Å²) in [7, 11) is -1.60. The molecule has 0 fully saturated rings. The summed E-state index contributed by atoms with van der Waals surface area (Å²) in [5, 5.41) is 0.937. The Hall–Kier alpha value is -2.26. The highest BCUT2D eigenvalue weighted by Gasteiger charge is 2.14. The minimum Gasteiger partial charge on any atom is -0.465 e. The van der Waals surface area contributed by atoms with E-state index in [4.69, 9.17) is 9.47 Å². The van der Waals surface area contributed by atoms with Crippen LogP contribution in [0.5, 0.6) is 0 Å². The summed E-state index contributed by atoms with van der Waals surface area (Å²) in [6.45, 7) is 4.03. The maximum absolute atomic E-state index is 12.3. The van der Waals surface area contributed by atoms with Gasteiger partial charge in [-0.15, -0.1) is 0 Å². The van der Waals surface area contributed by atoms with Crippen LogP contribution in [0.2, 0.25) is 0 Å². The lowest BCUT2D eigenvalue weighted by Crippen LogP contribution is -2.14. The summed E-state index contributed by atoms with van der Waals surface area (Å²) in [4.78, 5) is 31.8. The van der Waals surface area contributed by atoms with Gasteiger partial charge in [0.2, 0.25) is 0 Å². The van der Waals surface area contributed by atoms with Crippen LogP contribution in [-0.4, -0.2) is 50.8 Å². The second kappa shape index (κ2) is 10.8. The Morgan fingerprint density at radius 2 is 1.59 bits per heavy atom. The number of carbonyl (C=O) groups is 2. The smallest absolute Gasteiger partial charge is 0.318 e. The summed E-state index contributed by atoms with van der Waals surface area (Å²) in [5.41, 5.74) is 1.11. The van der Waals surface area contributed by atoms with Gasteiger partial charge in [-0.2, -0.15) is 0 Å². The van der Waals surface area contributed by atoms with Gasteiger partial charge < -0.3 is 9.47 Å². The number of pyridine rings is 2. The van der Waals surface area contributed by atoms with Crippen LogP contribution >= 0.6 is 11.8 Å². The zero-order valence-electron chi connectivity index (χ0n) is 15.0. The number of ether oxygens (including phenoxy) is 2. The van der Waals surface area contributed by atoms with Gasteiger partial charge in [0.1, 0.15) is 10.8 Å². The Balaban J connectivity index is 2.12. The summed E-state index contributed by atoms with van der Waals surface area (Å²) in [6, 6.07) is 10.4. The first-order valence-corrected chi connectivity index (χ1v) is 10.6. The first-order valence-electron chi connectivity index (χ1n) is 8.30. The fourth-order valence-corrected chi connectivity index (χ4v) is 3.60. The highest BCUT2D eigenvalue weighted by molar-refractivity contribution is 7.99. The summed E-state index contributed by atoms with van der Waals surface area (Å²) >= 11 is 1.27. The number of carbonyl (C=O) groups excluding carboxylic acids is 2. The molecule has 2 rings (SSSR count). The Morgan fingerprint density at radius 1 is 0.963 bits per heavy atom. The fourth-order valence-electron chi connectivity index (χ4n) is 2.04. The molecule has 144 valence electrons. The van der Waals surface area contributed by atoms with Crippen molar-refractivity contribution < 1.29 is 23.3 Å². The van der Waals surface area contributed by atoms with Crippen molar-refractivity contribution in [1.29, 1.82) is 0 Å². The molecule has 0 aromatic carbocycles. The first-order chi connectivity index (χ1) is 13.0. The second-order valence-corrected chi connectivity index (χ2v) is 7.50. The van der Waals surface area contributed by atoms with Gasteiger partial charge in [0, 0.05) is 0 Å². The maximum Gasteiger partial charge on any atom is 0.318 e. The van der Waals surface area contributed by atoms with E-state index in [2.05, 4.69) is 9.97 Å². The largest absolute Gasteiger partial charge is 0.465 e. The molecule has 0 spiro atoms. The van der Waals surface area contributed by atoms with Gasteiger partial charge in [-0.25, -0.2) is 9.97 Å². The van der Waals surface area contributed by atoms with Gasteiger partial charge in [0.25, 0.3) is 0 Å². The van der Waals surface area contributed by atoms with Gasteiger partial charge in [0.15, 0.2) is 0 Å². The standard InChI is InChI=1S/C18H20N2O5S2/c1-3-24-17(21)11-26-15-9-5-7-13(19-15)14-8-6-10-16(20-14)27(23)12-18(22)25-4-2/h5-10H,3-4,11-12H2,1-2H3. The van der Waals surface area contributed by atoms with Crippen LogP contribution < -0.4 is 0 Å². The van der Waals surface area contributed by atoms with E-state index in [1.807, 2.05) is 0 Å². The molecule has 1 unspecified atom stereocenters. The SMILES string of the molecule is CCOC(=O)CSc1cccc(-c2cccc(S(=O)CC(=O)OCC)n2)n1. The van der Waals surface area contributed by atoms with Crippen molar-refractivity contribution in [3.05, 3.63) is 36.4 Å². The molecule has 0 saturated heterocycles. The van der Waals surface area contributed by atoms with E-state index in [0.717, 1.165) is 0 Å². The second-order valence-electron chi connectivity index (χ2n) is 5.11. The molecule has 7 nitrogen and oxygen atoms in total. The van der Waals surface area contributed by atoms with Crippen molar-refractivity contribution in [1.82, 2.24) is 9.97 Å². The number of rotatable bonds is 9. The molecule has 9 heteroatoms. The van der Waals surface area contributed by atoms with Crippen LogP contribution in [-0.2, 0) is 29.9 Å². The Labute approximate surface area is 164 Å². The highest BCUT2D eigenvalue weighted by Crippen LogP contribution is 2.21. The fraction of sp³-hybridized carbons (Fsp3) is 0.333. The van der Waals surface area contributed by atoms with Crippen molar-refractivity contribution in [2.24, 2.45) is 0 Å². The van der Waals surface area contributed by atoms with E-state index in [0.29, 0.717) is 23.0 Å². The van der Waals surface area contributed by atoms with Crippen molar-refractivity contribution in [2.45, 2.75) is 23.9 Å². The molecule has 0 saturated carbocycles. The molecule has 0 aliphatic carbocycles. The Bertz CT molecular complexity index is 829. The predicted molar refractivity (Wildman–Crippen MR) is 103 cm³/mol. The van der Waals surface area contributed by atoms with Crippen LogP contribution in [0.3, 0.4) is 0 Å². The Morgan fingerprint density at radius 3 is 2.30 bits per heavy atom. The third-order valence-electron chi connectivity index (χ3n) is 3.14. The van der Waals surface area contributed by atoms with Crippen molar-refractivity contribution >= 4 is 34.5 Å². The zero-order valence-corrected chi connectivity index (χ0v) is 16.7. The molecule has 1 atom stereocenters. The molecule has 0 aliphatic rings. The average Bonchev–Trinajstić information content (AvgIpc) is 2.67. The van der Waals surface area contributed by atoms with Crippen LogP contribution in [0.1, 0.15) is 13.8 Å². The van der Waals surface area contributed by atoms with Gasteiger partial charge in [-0.1, -0.05) is 23.9 Å². The maximum atomic E-state index is 12.3. The van der Waals surface area contributed by atoms with E-state index >= 15 is 0 Å².